The highest BCUT2D eigenvalue weighted by atomic mass is 16.3. The summed E-state index contributed by atoms with van der Waals surface area (Å²) in [6.07, 6.45) is 1.18. The molecule has 96 valence electrons. The van der Waals surface area contributed by atoms with Crippen LogP contribution in [0.1, 0.15) is 41.2 Å². The van der Waals surface area contributed by atoms with Gasteiger partial charge in [-0.3, -0.25) is 0 Å². The van der Waals surface area contributed by atoms with Gasteiger partial charge in [-0.05, 0) is 37.5 Å². The average Bonchev–Trinajstić information content (AvgIpc) is 2.69. The van der Waals surface area contributed by atoms with E-state index >= 15 is 0 Å². The van der Waals surface area contributed by atoms with Crippen molar-refractivity contribution < 1.29 is 9.52 Å². The minimum absolute atomic E-state index is 0.491. The molecule has 1 atom stereocenters. The van der Waals surface area contributed by atoms with Crippen LogP contribution in [0.5, 0.6) is 0 Å². The van der Waals surface area contributed by atoms with Gasteiger partial charge < -0.3 is 9.52 Å². The summed E-state index contributed by atoms with van der Waals surface area (Å²) >= 11 is 0. The SMILES string of the molecule is CCc1ccc(CC(O)c2cc(C)oc2C)cc1. The molecule has 2 aromatic rings. The second-order valence-electron chi connectivity index (χ2n) is 4.76. The Morgan fingerprint density at radius 2 is 1.72 bits per heavy atom. The first kappa shape index (κ1) is 12.9. The lowest BCUT2D eigenvalue weighted by Gasteiger charge is -2.10. The van der Waals surface area contributed by atoms with Crippen molar-refractivity contribution in [2.24, 2.45) is 0 Å². The average molecular weight is 244 g/mol. The minimum Gasteiger partial charge on any atom is -0.466 e. The molecule has 1 heterocycles. The molecular formula is C16H20O2. The molecule has 2 rings (SSSR count). The molecule has 1 aromatic heterocycles. The number of benzene rings is 1. The van der Waals surface area contributed by atoms with Crippen molar-refractivity contribution in [3.63, 3.8) is 0 Å². The zero-order valence-corrected chi connectivity index (χ0v) is 11.2. The van der Waals surface area contributed by atoms with Gasteiger partial charge in [0.25, 0.3) is 0 Å². The molecule has 2 nitrogen and oxygen atoms in total. The van der Waals surface area contributed by atoms with E-state index in [-0.39, 0.29) is 0 Å². The summed E-state index contributed by atoms with van der Waals surface area (Å²) in [5.41, 5.74) is 3.37. The van der Waals surface area contributed by atoms with Crippen LogP contribution in [0.4, 0.5) is 0 Å². The number of aryl methyl sites for hydroxylation is 3. The zero-order valence-electron chi connectivity index (χ0n) is 11.2. The summed E-state index contributed by atoms with van der Waals surface area (Å²) in [5.74, 6) is 1.66. The third-order valence-corrected chi connectivity index (χ3v) is 3.30. The first-order valence-electron chi connectivity index (χ1n) is 6.43. The van der Waals surface area contributed by atoms with Crippen LogP contribution >= 0.6 is 0 Å². The molecule has 0 aliphatic rings. The van der Waals surface area contributed by atoms with Crippen LogP contribution in [0.2, 0.25) is 0 Å². The lowest BCUT2D eigenvalue weighted by Crippen LogP contribution is -2.02. The largest absolute Gasteiger partial charge is 0.466 e. The molecule has 0 radical (unpaired) electrons. The highest BCUT2D eigenvalue weighted by molar-refractivity contribution is 5.27. The van der Waals surface area contributed by atoms with E-state index in [1.807, 2.05) is 19.9 Å². The van der Waals surface area contributed by atoms with Crippen LogP contribution in [0.15, 0.2) is 34.7 Å². The van der Waals surface area contributed by atoms with Crippen LogP contribution in [0.25, 0.3) is 0 Å². The van der Waals surface area contributed by atoms with Gasteiger partial charge in [0, 0.05) is 12.0 Å². The molecular weight excluding hydrogens is 224 g/mol. The Morgan fingerprint density at radius 1 is 1.11 bits per heavy atom. The number of rotatable bonds is 4. The summed E-state index contributed by atoms with van der Waals surface area (Å²) in [7, 11) is 0. The Morgan fingerprint density at radius 3 is 2.22 bits per heavy atom. The van der Waals surface area contributed by atoms with Crippen molar-refractivity contribution in [3.05, 3.63) is 58.5 Å². The highest BCUT2D eigenvalue weighted by Gasteiger charge is 2.14. The van der Waals surface area contributed by atoms with Gasteiger partial charge in [-0.25, -0.2) is 0 Å². The molecule has 1 N–H and O–H groups in total. The summed E-state index contributed by atoms with van der Waals surface area (Å²) in [6, 6.07) is 10.3. The molecule has 0 fully saturated rings. The molecule has 18 heavy (non-hydrogen) atoms. The number of furan rings is 1. The maximum absolute atomic E-state index is 10.2. The van der Waals surface area contributed by atoms with Crippen LogP contribution in [0.3, 0.4) is 0 Å². The first-order chi connectivity index (χ1) is 8.60. The minimum atomic E-state index is -0.491. The fraction of sp³-hybridized carbons (Fsp3) is 0.375. The predicted octanol–water partition coefficient (Wildman–Crippen LogP) is 3.73. The third-order valence-electron chi connectivity index (χ3n) is 3.30. The lowest BCUT2D eigenvalue weighted by molar-refractivity contribution is 0.176. The van der Waals surface area contributed by atoms with Gasteiger partial charge in [0.1, 0.15) is 11.5 Å². The molecule has 0 saturated heterocycles. The normalized spacial score (nSPS) is 12.7. The number of aliphatic hydroxyl groups is 1. The van der Waals surface area contributed by atoms with E-state index in [0.717, 1.165) is 29.1 Å². The van der Waals surface area contributed by atoms with Crippen molar-refractivity contribution in [2.75, 3.05) is 0 Å². The van der Waals surface area contributed by atoms with E-state index in [1.165, 1.54) is 5.56 Å². The second-order valence-corrected chi connectivity index (χ2v) is 4.76. The topological polar surface area (TPSA) is 33.4 Å². The Kier molecular flexibility index (Phi) is 3.87. The van der Waals surface area contributed by atoms with Gasteiger partial charge >= 0.3 is 0 Å². The number of hydrogen-bond acceptors (Lipinski definition) is 2. The Hall–Kier alpha value is -1.54. The third kappa shape index (κ3) is 2.82. The van der Waals surface area contributed by atoms with Gasteiger partial charge in [0.05, 0.1) is 6.10 Å². The molecule has 1 unspecified atom stereocenters. The number of aliphatic hydroxyl groups excluding tert-OH is 1. The summed E-state index contributed by atoms with van der Waals surface area (Å²) < 4.78 is 5.45. The molecule has 0 spiro atoms. The maximum Gasteiger partial charge on any atom is 0.106 e. The summed E-state index contributed by atoms with van der Waals surface area (Å²) in [6.45, 7) is 5.94. The van der Waals surface area contributed by atoms with Crippen molar-refractivity contribution in [1.29, 1.82) is 0 Å². The van der Waals surface area contributed by atoms with Crippen LogP contribution in [0, 0.1) is 13.8 Å². The van der Waals surface area contributed by atoms with Gasteiger partial charge in [-0.1, -0.05) is 31.2 Å². The highest BCUT2D eigenvalue weighted by Crippen LogP contribution is 2.24. The van der Waals surface area contributed by atoms with Gasteiger partial charge in [-0.15, -0.1) is 0 Å². The predicted molar refractivity (Wildman–Crippen MR) is 72.7 cm³/mol. The van der Waals surface area contributed by atoms with E-state index in [9.17, 15) is 5.11 Å². The van der Waals surface area contributed by atoms with E-state index < -0.39 is 6.10 Å². The number of hydrogen-bond donors (Lipinski definition) is 1. The summed E-state index contributed by atoms with van der Waals surface area (Å²) in [4.78, 5) is 0. The quantitative estimate of drug-likeness (QED) is 0.889. The van der Waals surface area contributed by atoms with E-state index in [0.29, 0.717) is 6.42 Å². The Bertz CT molecular complexity index is 508. The van der Waals surface area contributed by atoms with Crippen molar-refractivity contribution >= 4 is 0 Å². The standard InChI is InChI=1S/C16H20O2/c1-4-13-5-7-14(8-6-13)10-16(17)15-9-11(2)18-12(15)3/h5-9,16-17H,4,10H2,1-3H3. The van der Waals surface area contributed by atoms with E-state index in [4.69, 9.17) is 4.42 Å². The molecule has 0 bridgehead atoms. The van der Waals surface area contributed by atoms with E-state index in [2.05, 4.69) is 31.2 Å². The van der Waals surface area contributed by atoms with E-state index in [1.54, 1.807) is 0 Å². The molecule has 1 aromatic carbocycles. The zero-order chi connectivity index (χ0) is 13.1. The van der Waals surface area contributed by atoms with Crippen LogP contribution in [-0.4, -0.2) is 5.11 Å². The maximum atomic E-state index is 10.2. The Balaban J connectivity index is 2.10. The van der Waals surface area contributed by atoms with Crippen molar-refractivity contribution in [2.45, 2.75) is 39.7 Å². The van der Waals surface area contributed by atoms with Crippen molar-refractivity contribution in [3.8, 4) is 0 Å². The summed E-state index contributed by atoms with van der Waals surface area (Å²) in [5, 5.41) is 10.2. The monoisotopic (exact) mass is 244 g/mol. The van der Waals surface area contributed by atoms with Crippen molar-refractivity contribution in [1.82, 2.24) is 0 Å². The lowest BCUT2D eigenvalue weighted by atomic mass is 10.0. The van der Waals surface area contributed by atoms with Gasteiger partial charge in [0.2, 0.25) is 0 Å². The first-order valence-corrected chi connectivity index (χ1v) is 6.43. The second kappa shape index (κ2) is 5.40. The van der Waals surface area contributed by atoms with Crippen LogP contribution in [-0.2, 0) is 12.8 Å². The van der Waals surface area contributed by atoms with Gasteiger partial charge in [0.15, 0.2) is 0 Å². The van der Waals surface area contributed by atoms with Gasteiger partial charge in [-0.2, -0.15) is 0 Å². The molecule has 0 saturated carbocycles. The molecule has 0 amide bonds. The smallest absolute Gasteiger partial charge is 0.106 e. The van der Waals surface area contributed by atoms with Crippen LogP contribution < -0.4 is 0 Å². The molecule has 0 aliphatic heterocycles. The fourth-order valence-electron chi connectivity index (χ4n) is 2.23. The molecule has 0 aliphatic carbocycles. The Labute approximate surface area is 108 Å². The molecule has 2 heteroatoms. The fourth-order valence-corrected chi connectivity index (χ4v) is 2.23.